The first-order valence-corrected chi connectivity index (χ1v) is 11.1. The molecule has 4 nitrogen and oxygen atoms in total. The van der Waals surface area contributed by atoms with Gasteiger partial charge >= 0.3 is 6.18 Å². The summed E-state index contributed by atoms with van der Waals surface area (Å²) in [5.74, 6) is 0.811. The van der Waals surface area contributed by atoms with Gasteiger partial charge in [-0.05, 0) is 48.4 Å². The lowest BCUT2D eigenvalue weighted by Gasteiger charge is -2.23. The summed E-state index contributed by atoms with van der Waals surface area (Å²) in [4.78, 5) is 7.80. The summed E-state index contributed by atoms with van der Waals surface area (Å²) >= 11 is 12.5. The van der Waals surface area contributed by atoms with Crippen LogP contribution in [0.15, 0.2) is 53.6 Å². The number of aryl methyl sites for hydroxylation is 1. The number of H-pyrrole nitrogens is 1. The highest BCUT2D eigenvalue weighted by Gasteiger charge is 2.34. The standard InChI is InChI=1S/C23H21Cl2F3N4/c1-2-3-4-20-29-21(22(25)30-20)19-13-18(14-5-7-15(8-6-14)23(26,27)28)31-32(19)17-11-9-16(24)10-12-17/h5-12,19H,2-4,13H2,1H3,(H,29,30). The van der Waals surface area contributed by atoms with Crippen LogP contribution in [0.2, 0.25) is 10.2 Å². The lowest BCUT2D eigenvalue weighted by Crippen LogP contribution is -2.19. The van der Waals surface area contributed by atoms with Crippen LogP contribution >= 0.6 is 23.2 Å². The van der Waals surface area contributed by atoms with Gasteiger partial charge in [0.25, 0.3) is 0 Å². The van der Waals surface area contributed by atoms with Gasteiger partial charge in [-0.2, -0.15) is 18.3 Å². The number of rotatable bonds is 6. The Bertz CT molecular complexity index is 1110. The number of unbranched alkanes of at least 4 members (excludes halogenated alkanes) is 1. The predicted molar refractivity (Wildman–Crippen MR) is 121 cm³/mol. The van der Waals surface area contributed by atoms with E-state index >= 15 is 0 Å². The Morgan fingerprint density at radius 1 is 1.06 bits per heavy atom. The Balaban J connectivity index is 1.69. The summed E-state index contributed by atoms with van der Waals surface area (Å²) in [5.41, 5.74) is 2.13. The van der Waals surface area contributed by atoms with Crippen LogP contribution in [0, 0.1) is 0 Å². The van der Waals surface area contributed by atoms with Crippen LogP contribution in [0.1, 0.15) is 54.9 Å². The van der Waals surface area contributed by atoms with Crippen LogP contribution in [-0.2, 0) is 12.6 Å². The molecule has 9 heteroatoms. The first-order chi connectivity index (χ1) is 15.3. The number of alkyl halides is 3. The molecule has 1 aliphatic heterocycles. The minimum atomic E-state index is -4.38. The molecule has 1 aromatic heterocycles. The molecular weight excluding hydrogens is 460 g/mol. The fourth-order valence-electron chi connectivity index (χ4n) is 3.69. The van der Waals surface area contributed by atoms with Crippen molar-refractivity contribution in [2.24, 2.45) is 5.10 Å². The molecule has 1 atom stereocenters. The largest absolute Gasteiger partial charge is 0.416 e. The Hall–Kier alpha value is -2.51. The van der Waals surface area contributed by atoms with E-state index in [1.54, 1.807) is 12.1 Å². The SMILES string of the molecule is CCCCc1nc(Cl)c(C2CC(c3ccc(C(F)(F)F)cc3)=NN2c2ccc(Cl)cc2)[nH]1. The Morgan fingerprint density at radius 3 is 2.38 bits per heavy atom. The minimum Gasteiger partial charge on any atom is -0.343 e. The Labute approximate surface area is 194 Å². The van der Waals surface area contributed by atoms with E-state index in [-0.39, 0.29) is 6.04 Å². The second-order valence-corrected chi connectivity index (χ2v) is 8.45. The molecule has 1 aliphatic rings. The number of nitrogens with zero attached hydrogens (tertiary/aromatic N) is 3. The number of hydrogen-bond donors (Lipinski definition) is 1. The van der Waals surface area contributed by atoms with Gasteiger partial charge in [-0.3, -0.25) is 5.01 Å². The quantitative estimate of drug-likeness (QED) is 0.398. The third kappa shape index (κ3) is 4.79. The molecule has 2 aromatic carbocycles. The van der Waals surface area contributed by atoms with E-state index in [1.807, 2.05) is 17.1 Å². The van der Waals surface area contributed by atoms with Crippen molar-refractivity contribution in [1.82, 2.24) is 9.97 Å². The fraction of sp³-hybridized carbons (Fsp3) is 0.304. The van der Waals surface area contributed by atoms with Gasteiger partial charge in [0.05, 0.1) is 22.7 Å². The Kier molecular flexibility index (Phi) is 6.49. The van der Waals surface area contributed by atoms with Crippen molar-refractivity contribution in [1.29, 1.82) is 0 Å². The van der Waals surface area contributed by atoms with Gasteiger partial charge in [0.15, 0.2) is 5.15 Å². The topological polar surface area (TPSA) is 44.3 Å². The Morgan fingerprint density at radius 2 is 1.75 bits per heavy atom. The van der Waals surface area contributed by atoms with Gasteiger partial charge < -0.3 is 4.98 Å². The minimum absolute atomic E-state index is 0.274. The fourth-order valence-corrected chi connectivity index (χ4v) is 4.09. The molecule has 3 aromatic rings. The van der Waals surface area contributed by atoms with Crippen molar-refractivity contribution in [2.45, 2.75) is 44.8 Å². The van der Waals surface area contributed by atoms with Gasteiger partial charge in [0.2, 0.25) is 0 Å². The number of halogens is 5. The third-order valence-electron chi connectivity index (χ3n) is 5.38. The second-order valence-electron chi connectivity index (χ2n) is 7.65. The number of benzene rings is 2. The average Bonchev–Trinajstić information content (AvgIpc) is 3.36. The van der Waals surface area contributed by atoms with Crippen molar-refractivity contribution in [3.8, 4) is 0 Å². The highest BCUT2D eigenvalue weighted by molar-refractivity contribution is 6.30. The van der Waals surface area contributed by atoms with Crippen molar-refractivity contribution in [3.63, 3.8) is 0 Å². The van der Waals surface area contributed by atoms with Gasteiger partial charge in [0, 0.05) is 17.9 Å². The van der Waals surface area contributed by atoms with E-state index in [2.05, 4.69) is 16.9 Å². The van der Waals surface area contributed by atoms with Gasteiger partial charge in [-0.1, -0.05) is 48.7 Å². The van der Waals surface area contributed by atoms with E-state index in [0.717, 1.165) is 48.6 Å². The van der Waals surface area contributed by atoms with E-state index in [4.69, 9.17) is 28.3 Å². The molecule has 2 heterocycles. The van der Waals surface area contributed by atoms with Crippen LogP contribution < -0.4 is 5.01 Å². The summed E-state index contributed by atoms with van der Waals surface area (Å²) in [6.45, 7) is 2.11. The molecule has 0 aliphatic carbocycles. The smallest absolute Gasteiger partial charge is 0.343 e. The van der Waals surface area contributed by atoms with Crippen LogP contribution in [0.4, 0.5) is 18.9 Å². The van der Waals surface area contributed by atoms with Crippen LogP contribution in [0.5, 0.6) is 0 Å². The maximum atomic E-state index is 13.0. The highest BCUT2D eigenvalue weighted by atomic mass is 35.5. The maximum Gasteiger partial charge on any atom is 0.416 e. The number of imidazole rings is 1. The molecule has 0 amide bonds. The molecule has 0 spiro atoms. The molecule has 1 N–H and O–H groups in total. The lowest BCUT2D eigenvalue weighted by molar-refractivity contribution is -0.137. The zero-order chi connectivity index (χ0) is 22.9. The number of anilines is 1. The molecule has 168 valence electrons. The maximum absolute atomic E-state index is 13.0. The predicted octanol–water partition coefficient (Wildman–Crippen LogP) is 7.43. The lowest BCUT2D eigenvalue weighted by atomic mass is 10.0. The van der Waals surface area contributed by atoms with Crippen molar-refractivity contribution >= 4 is 34.6 Å². The summed E-state index contributed by atoms with van der Waals surface area (Å²) in [7, 11) is 0. The van der Waals surface area contributed by atoms with Gasteiger partial charge in [-0.15, -0.1) is 0 Å². The number of hydrogen-bond acceptors (Lipinski definition) is 3. The molecule has 0 fully saturated rings. The molecule has 0 saturated carbocycles. The zero-order valence-electron chi connectivity index (χ0n) is 17.3. The molecule has 0 saturated heterocycles. The van der Waals surface area contributed by atoms with Crippen molar-refractivity contribution in [3.05, 3.63) is 81.4 Å². The average molecular weight is 481 g/mol. The highest BCUT2D eigenvalue weighted by Crippen LogP contribution is 2.39. The monoisotopic (exact) mass is 480 g/mol. The van der Waals surface area contributed by atoms with E-state index in [9.17, 15) is 13.2 Å². The van der Waals surface area contributed by atoms with E-state index in [0.29, 0.717) is 27.9 Å². The summed E-state index contributed by atoms with van der Waals surface area (Å²) < 4.78 is 38.9. The first-order valence-electron chi connectivity index (χ1n) is 10.3. The van der Waals surface area contributed by atoms with Crippen LogP contribution in [0.3, 0.4) is 0 Å². The summed E-state index contributed by atoms with van der Waals surface area (Å²) in [5, 5.41) is 7.53. The normalized spacial score (nSPS) is 16.5. The first kappa shape index (κ1) is 22.7. The number of nitrogens with one attached hydrogen (secondary N) is 1. The molecule has 1 unspecified atom stereocenters. The second kappa shape index (κ2) is 9.16. The molecule has 4 rings (SSSR count). The molecule has 0 radical (unpaired) electrons. The molecule has 0 bridgehead atoms. The zero-order valence-corrected chi connectivity index (χ0v) is 18.8. The van der Waals surface area contributed by atoms with Crippen LogP contribution in [0.25, 0.3) is 0 Å². The van der Waals surface area contributed by atoms with E-state index < -0.39 is 11.7 Å². The van der Waals surface area contributed by atoms with Gasteiger partial charge in [0.1, 0.15) is 11.9 Å². The summed E-state index contributed by atoms with van der Waals surface area (Å²) in [6.07, 6.45) is -1.11. The van der Waals surface area contributed by atoms with E-state index in [1.165, 1.54) is 12.1 Å². The van der Waals surface area contributed by atoms with Crippen molar-refractivity contribution < 1.29 is 13.2 Å². The van der Waals surface area contributed by atoms with Gasteiger partial charge in [-0.25, -0.2) is 4.98 Å². The number of hydrazone groups is 1. The van der Waals surface area contributed by atoms with Crippen LogP contribution in [-0.4, -0.2) is 15.7 Å². The van der Waals surface area contributed by atoms with Crippen molar-refractivity contribution in [2.75, 3.05) is 5.01 Å². The molecule has 32 heavy (non-hydrogen) atoms. The third-order valence-corrected chi connectivity index (χ3v) is 5.92. The summed E-state index contributed by atoms with van der Waals surface area (Å²) in [6, 6.07) is 12.0. The molecular formula is C23H21Cl2F3N4. The number of aromatic amines is 1. The number of aromatic nitrogens is 2.